The quantitative estimate of drug-likeness (QED) is 0.390. The Balaban J connectivity index is 1.49. The number of rotatable bonds is 6. The molecule has 9 nitrogen and oxygen atoms in total. The normalized spacial score (nSPS) is 16.0. The Bertz CT molecular complexity index is 1460. The number of anilines is 1. The molecular weight excluding hydrogens is 452 g/mol. The maximum atomic E-state index is 11.1. The highest BCUT2D eigenvalue weighted by molar-refractivity contribution is 7.87. The second-order valence-corrected chi connectivity index (χ2v) is 9.48. The van der Waals surface area contributed by atoms with Gasteiger partial charge in [-0.1, -0.05) is 36.4 Å². The van der Waals surface area contributed by atoms with Crippen LogP contribution in [0.3, 0.4) is 0 Å². The first-order chi connectivity index (χ1) is 16.4. The number of hydrogen-bond acceptors (Lipinski definition) is 6. The van der Waals surface area contributed by atoms with Crippen LogP contribution in [0.2, 0.25) is 0 Å². The van der Waals surface area contributed by atoms with Crippen molar-refractivity contribution in [2.24, 2.45) is 11.1 Å². The highest BCUT2D eigenvalue weighted by Crippen LogP contribution is 2.40. The number of nitrogens with zero attached hydrogens (tertiary/aromatic N) is 3. The van der Waals surface area contributed by atoms with Gasteiger partial charge >= 0.3 is 0 Å². The number of hydrogen-bond donors (Lipinski definition) is 3. The predicted molar refractivity (Wildman–Crippen MR) is 131 cm³/mol. The van der Waals surface area contributed by atoms with E-state index in [2.05, 4.69) is 19.3 Å². The van der Waals surface area contributed by atoms with E-state index in [1.807, 2.05) is 60.7 Å². The van der Waals surface area contributed by atoms with Gasteiger partial charge in [-0.2, -0.15) is 8.42 Å². The molecule has 0 saturated heterocycles. The molecule has 1 unspecified atom stereocenters. The molecule has 5 N–H and O–H groups in total. The van der Waals surface area contributed by atoms with Gasteiger partial charge < -0.3 is 15.0 Å². The van der Waals surface area contributed by atoms with E-state index in [0.717, 1.165) is 52.2 Å². The van der Waals surface area contributed by atoms with E-state index in [1.165, 1.54) is 12.5 Å². The minimum atomic E-state index is -3.77. The van der Waals surface area contributed by atoms with Gasteiger partial charge in [-0.25, -0.2) is 15.1 Å². The first-order valence-electron chi connectivity index (χ1n) is 10.8. The van der Waals surface area contributed by atoms with Gasteiger partial charge in [-0.05, 0) is 48.6 Å². The van der Waals surface area contributed by atoms with Gasteiger partial charge in [0.1, 0.15) is 29.3 Å². The minimum Gasteiger partial charge on any atom is -0.457 e. The van der Waals surface area contributed by atoms with E-state index in [1.54, 1.807) is 0 Å². The van der Waals surface area contributed by atoms with Crippen LogP contribution in [0.15, 0.2) is 73.2 Å². The summed E-state index contributed by atoms with van der Waals surface area (Å²) in [5.74, 6) is 2.05. The van der Waals surface area contributed by atoms with Crippen LogP contribution >= 0.6 is 0 Å². The molecule has 174 valence electrons. The first kappa shape index (κ1) is 21.9. The Morgan fingerprint density at radius 3 is 2.53 bits per heavy atom. The third-order valence-corrected chi connectivity index (χ3v) is 6.33. The molecule has 3 heterocycles. The summed E-state index contributed by atoms with van der Waals surface area (Å²) in [7, 11) is -3.77. The second kappa shape index (κ2) is 8.81. The van der Waals surface area contributed by atoms with Gasteiger partial charge in [-0.15, -0.1) is 0 Å². The number of aromatic nitrogens is 3. The number of fused-ring (bicyclic) bond motifs is 3. The summed E-state index contributed by atoms with van der Waals surface area (Å²) in [6.45, 7) is 0.639. The zero-order chi connectivity index (χ0) is 23.7. The molecule has 0 saturated carbocycles. The number of nitrogens with two attached hydrogens (primary N) is 2. The molecule has 2 aromatic carbocycles. The molecule has 1 atom stereocenters. The second-order valence-electron chi connectivity index (χ2n) is 8.15. The van der Waals surface area contributed by atoms with Gasteiger partial charge in [-0.3, -0.25) is 4.72 Å². The predicted octanol–water partition coefficient (Wildman–Crippen LogP) is 3.34. The van der Waals surface area contributed by atoms with Crippen molar-refractivity contribution in [2.75, 3.05) is 5.73 Å². The maximum absolute atomic E-state index is 11.1. The third kappa shape index (κ3) is 4.45. The van der Waals surface area contributed by atoms with Crippen LogP contribution in [0.4, 0.5) is 5.82 Å². The first-order valence-corrected chi connectivity index (χ1v) is 12.4. The molecule has 1 aliphatic rings. The molecule has 0 bridgehead atoms. The van der Waals surface area contributed by atoms with Crippen molar-refractivity contribution >= 4 is 27.1 Å². The van der Waals surface area contributed by atoms with Crippen LogP contribution in [0.5, 0.6) is 11.5 Å². The zero-order valence-corrected chi connectivity index (χ0v) is 19.1. The van der Waals surface area contributed by atoms with Crippen molar-refractivity contribution in [2.45, 2.75) is 19.4 Å². The maximum Gasteiger partial charge on any atom is 0.296 e. The SMILES string of the molecule is Nc1ncnc2c1c(-c1ccc(Oc3ccccc3)cc1)c1n2CC(C=CNS(N)(=O)=O)CC1. The van der Waals surface area contributed by atoms with Crippen LogP contribution in [0, 0.1) is 5.92 Å². The lowest BCUT2D eigenvalue weighted by Gasteiger charge is -2.23. The van der Waals surface area contributed by atoms with Crippen molar-refractivity contribution in [1.82, 2.24) is 19.3 Å². The summed E-state index contributed by atoms with van der Waals surface area (Å²) in [5.41, 5.74) is 10.2. The summed E-state index contributed by atoms with van der Waals surface area (Å²) in [6, 6.07) is 17.5. The van der Waals surface area contributed by atoms with E-state index in [0.29, 0.717) is 12.4 Å². The minimum absolute atomic E-state index is 0.114. The smallest absolute Gasteiger partial charge is 0.296 e. The van der Waals surface area contributed by atoms with Crippen molar-refractivity contribution in [1.29, 1.82) is 0 Å². The van der Waals surface area contributed by atoms with Crippen LogP contribution in [-0.2, 0) is 23.2 Å². The number of nitrogens with one attached hydrogen (secondary N) is 1. The summed E-state index contributed by atoms with van der Waals surface area (Å²) >= 11 is 0. The standard InChI is InChI=1S/C24H24N6O3S/c25-23-22-21(17-7-9-19(10-8-17)33-18-4-2-1-3-5-18)20-11-6-16(12-13-29-34(26,31)32)14-30(20)24(22)28-15-27-23/h1-5,7-10,12-13,15-16,29H,6,11,14H2,(H2,25,27,28)(H2,26,31,32). The number of allylic oxidation sites excluding steroid dienone is 1. The number of para-hydroxylation sites is 1. The lowest BCUT2D eigenvalue weighted by Crippen LogP contribution is -2.27. The average Bonchev–Trinajstić information content (AvgIpc) is 3.15. The van der Waals surface area contributed by atoms with Gasteiger partial charge in [0, 0.05) is 24.0 Å². The molecule has 0 radical (unpaired) electrons. The molecule has 0 spiro atoms. The van der Waals surface area contributed by atoms with Crippen molar-refractivity contribution < 1.29 is 13.2 Å². The Morgan fingerprint density at radius 2 is 1.79 bits per heavy atom. The fraction of sp³-hybridized carbons (Fsp3) is 0.167. The highest BCUT2D eigenvalue weighted by atomic mass is 32.2. The topological polar surface area (TPSA) is 138 Å². The fourth-order valence-electron chi connectivity index (χ4n) is 4.40. The molecule has 1 aliphatic heterocycles. The fourth-order valence-corrected chi connectivity index (χ4v) is 4.67. The van der Waals surface area contributed by atoms with Gasteiger partial charge in [0.25, 0.3) is 10.2 Å². The lowest BCUT2D eigenvalue weighted by molar-refractivity contribution is 0.444. The monoisotopic (exact) mass is 476 g/mol. The summed E-state index contributed by atoms with van der Waals surface area (Å²) in [6.07, 6.45) is 6.28. The van der Waals surface area contributed by atoms with Crippen LogP contribution in [0.25, 0.3) is 22.2 Å². The van der Waals surface area contributed by atoms with Gasteiger partial charge in [0.2, 0.25) is 0 Å². The zero-order valence-electron chi connectivity index (χ0n) is 18.3. The summed E-state index contributed by atoms with van der Waals surface area (Å²) in [5, 5.41) is 5.83. The summed E-state index contributed by atoms with van der Waals surface area (Å²) in [4.78, 5) is 8.75. The van der Waals surface area contributed by atoms with E-state index >= 15 is 0 Å². The Labute approximate surface area is 197 Å². The lowest BCUT2D eigenvalue weighted by atomic mass is 9.94. The molecular formula is C24H24N6O3S. The van der Waals surface area contributed by atoms with E-state index < -0.39 is 10.2 Å². The highest BCUT2D eigenvalue weighted by Gasteiger charge is 2.27. The Morgan fingerprint density at radius 1 is 1.06 bits per heavy atom. The number of benzene rings is 2. The molecule has 5 rings (SSSR count). The van der Waals surface area contributed by atoms with Crippen molar-refractivity contribution in [3.05, 3.63) is 78.9 Å². The van der Waals surface area contributed by atoms with Crippen LogP contribution in [-0.4, -0.2) is 23.0 Å². The van der Waals surface area contributed by atoms with Gasteiger partial charge in [0.15, 0.2) is 0 Å². The Kier molecular flexibility index (Phi) is 5.68. The molecule has 34 heavy (non-hydrogen) atoms. The van der Waals surface area contributed by atoms with Gasteiger partial charge in [0.05, 0.1) is 5.39 Å². The van der Waals surface area contributed by atoms with E-state index in [-0.39, 0.29) is 5.92 Å². The average molecular weight is 477 g/mol. The number of ether oxygens (including phenoxy) is 1. The molecule has 10 heteroatoms. The third-order valence-electron chi connectivity index (χ3n) is 5.87. The van der Waals surface area contributed by atoms with E-state index in [4.69, 9.17) is 15.6 Å². The molecule has 0 aliphatic carbocycles. The van der Waals surface area contributed by atoms with Crippen LogP contribution in [0.1, 0.15) is 12.1 Å². The molecule has 4 aromatic rings. The summed E-state index contributed by atoms with van der Waals surface area (Å²) < 4.78 is 32.6. The number of nitrogen functional groups attached to an aromatic ring is 1. The van der Waals surface area contributed by atoms with Crippen molar-refractivity contribution in [3.63, 3.8) is 0 Å². The molecule has 2 aromatic heterocycles. The molecule has 0 amide bonds. The van der Waals surface area contributed by atoms with E-state index in [9.17, 15) is 8.42 Å². The van der Waals surface area contributed by atoms with Crippen LogP contribution < -0.4 is 20.3 Å². The molecule has 0 fully saturated rings. The Hall–Kier alpha value is -3.89. The van der Waals surface area contributed by atoms with Crippen molar-refractivity contribution in [3.8, 4) is 22.6 Å². The largest absolute Gasteiger partial charge is 0.457 e.